The van der Waals surface area contributed by atoms with Crippen LogP contribution in [0.2, 0.25) is 0 Å². The van der Waals surface area contributed by atoms with Gasteiger partial charge in [0.05, 0.1) is 4.88 Å². The number of piperidine rings is 1. The van der Waals surface area contributed by atoms with Gasteiger partial charge in [0, 0.05) is 37.6 Å². The van der Waals surface area contributed by atoms with Crippen LogP contribution in [-0.2, 0) is 10.2 Å². The highest BCUT2D eigenvalue weighted by atomic mass is 32.1. The first kappa shape index (κ1) is 17.7. The molecule has 2 aliphatic rings. The molecule has 0 aliphatic carbocycles. The van der Waals surface area contributed by atoms with Crippen LogP contribution < -0.4 is 0 Å². The predicted molar refractivity (Wildman–Crippen MR) is 98.6 cm³/mol. The molecule has 4 rings (SSSR count). The van der Waals surface area contributed by atoms with Crippen molar-refractivity contribution < 1.29 is 14.1 Å². The van der Waals surface area contributed by atoms with E-state index in [1.165, 1.54) is 11.3 Å². The van der Waals surface area contributed by atoms with Crippen LogP contribution in [0.25, 0.3) is 0 Å². The van der Waals surface area contributed by atoms with Crippen LogP contribution in [0.15, 0.2) is 16.0 Å². The molecule has 2 fully saturated rings. The molecule has 1 atom stereocenters. The van der Waals surface area contributed by atoms with Crippen LogP contribution in [0, 0.1) is 6.92 Å². The number of hydrogen-bond donors (Lipinski definition) is 0. The van der Waals surface area contributed by atoms with E-state index >= 15 is 0 Å². The monoisotopic (exact) mass is 375 g/mol. The molecule has 7 heteroatoms. The van der Waals surface area contributed by atoms with E-state index in [1.54, 1.807) is 0 Å². The molecule has 0 N–H and O–H groups in total. The number of thiophene rings is 1. The molecule has 0 saturated carbocycles. The van der Waals surface area contributed by atoms with E-state index in [0.717, 1.165) is 67.6 Å². The molecule has 1 amide bonds. The standard InChI is InChI=1S/C19H25N3O3S/c1-13-6-11-26-15(13)17(23)22-8-3-7-19(2,12-22)18-20-16(25-21-18)14-4-9-24-10-5-14/h6,11,14H,3-5,7-10,12H2,1-2H3. The van der Waals surface area contributed by atoms with Crippen LogP contribution in [0.1, 0.15) is 65.5 Å². The first-order chi connectivity index (χ1) is 12.6. The van der Waals surface area contributed by atoms with Gasteiger partial charge >= 0.3 is 0 Å². The van der Waals surface area contributed by atoms with Gasteiger partial charge in [-0.3, -0.25) is 4.79 Å². The van der Waals surface area contributed by atoms with Crippen LogP contribution in [0.3, 0.4) is 0 Å². The average molecular weight is 375 g/mol. The Balaban J connectivity index is 1.51. The Kier molecular flexibility index (Phi) is 4.84. The summed E-state index contributed by atoms with van der Waals surface area (Å²) in [5.74, 6) is 1.88. The number of ether oxygens (including phenoxy) is 1. The molecular weight excluding hydrogens is 350 g/mol. The number of nitrogens with zero attached hydrogens (tertiary/aromatic N) is 3. The average Bonchev–Trinajstić information content (AvgIpc) is 3.31. The van der Waals surface area contributed by atoms with Crippen molar-refractivity contribution in [3.05, 3.63) is 33.6 Å². The van der Waals surface area contributed by atoms with Crippen molar-refractivity contribution in [2.24, 2.45) is 0 Å². The Morgan fingerprint density at radius 2 is 2.19 bits per heavy atom. The summed E-state index contributed by atoms with van der Waals surface area (Å²) in [5.41, 5.74) is 0.792. The lowest BCUT2D eigenvalue weighted by atomic mass is 9.81. The molecular formula is C19H25N3O3S. The van der Waals surface area contributed by atoms with Gasteiger partial charge in [-0.2, -0.15) is 4.98 Å². The first-order valence-electron chi connectivity index (χ1n) is 9.32. The van der Waals surface area contributed by atoms with Crippen LogP contribution >= 0.6 is 11.3 Å². The van der Waals surface area contributed by atoms with Gasteiger partial charge < -0.3 is 14.2 Å². The number of rotatable bonds is 3. The van der Waals surface area contributed by atoms with Gasteiger partial charge in [-0.15, -0.1) is 11.3 Å². The highest BCUT2D eigenvalue weighted by molar-refractivity contribution is 7.12. The molecule has 6 nitrogen and oxygen atoms in total. The Hall–Kier alpha value is -1.73. The maximum atomic E-state index is 12.9. The maximum absolute atomic E-state index is 12.9. The van der Waals surface area contributed by atoms with E-state index in [0.29, 0.717) is 12.5 Å². The second-order valence-electron chi connectivity index (χ2n) is 7.67. The Labute approximate surface area is 157 Å². The Morgan fingerprint density at radius 1 is 1.38 bits per heavy atom. The Bertz CT molecular complexity index is 781. The molecule has 2 aromatic rings. The molecule has 2 aromatic heterocycles. The number of amides is 1. The minimum absolute atomic E-state index is 0.122. The summed E-state index contributed by atoms with van der Waals surface area (Å²) >= 11 is 1.52. The van der Waals surface area contributed by atoms with Gasteiger partial charge in [-0.1, -0.05) is 12.1 Å². The summed E-state index contributed by atoms with van der Waals surface area (Å²) in [6.45, 7) is 7.06. The molecule has 1 unspecified atom stereocenters. The highest BCUT2D eigenvalue weighted by Gasteiger charge is 2.39. The zero-order valence-corrected chi connectivity index (χ0v) is 16.2. The second kappa shape index (κ2) is 7.12. The minimum atomic E-state index is -0.258. The van der Waals surface area contributed by atoms with Crippen molar-refractivity contribution in [2.45, 2.75) is 50.9 Å². The largest absolute Gasteiger partial charge is 0.381 e. The molecule has 2 saturated heterocycles. The van der Waals surface area contributed by atoms with Gasteiger partial charge in [0.1, 0.15) is 0 Å². The van der Waals surface area contributed by atoms with Crippen LogP contribution in [0.4, 0.5) is 0 Å². The molecule has 26 heavy (non-hydrogen) atoms. The second-order valence-corrected chi connectivity index (χ2v) is 8.58. The maximum Gasteiger partial charge on any atom is 0.264 e. The lowest BCUT2D eigenvalue weighted by Gasteiger charge is -2.38. The van der Waals surface area contributed by atoms with Crippen molar-refractivity contribution in [3.8, 4) is 0 Å². The summed E-state index contributed by atoms with van der Waals surface area (Å²) in [5, 5.41) is 6.28. The van der Waals surface area contributed by atoms with E-state index in [-0.39, 0.29) is 11.3 Å². The lowest BCUT2D eigenvalue weighted by molar-refractivity contribution is 0.0646. The molecule has 2 aliphatic heterocycles. The summed E-state index contributed by atoms with van der Waals surface area (Å²) in [4.78, 5) is 20.4. The number of aromatic nitrogens is 2. The van der Waals surface area contributed by atoms with E-state index in [1.807, 2.05) is 23.3 Å². The topological polar surface area (TPSA) is 68.5 Å². The van der Waals surface area contributed by atoms with Gasteiger partial charge in [-0.05, 0) is 49.6 Å². The third kappa shape index (κ3) is 3.30. The number of aryl methyl sites for hydroxylation is 1. The van der Waals surface area contributed by atoms with E-state index < -0.39 is 0 Å². The minimum Gasteiger partial charge on any atom is -0.381 e. The fourth-order valence-electron chi connectivity index (χ4n) is 3.92. The summed E-state index contributed by atoms with van der Waals surface area (Å²) in [6, 6.07) is 2.00. The summed E-state index contributed by atoms with van der Waals surface area (Å²) in [7, 11) is 0. The molecule has 0 aromatic carbocycles. The first-order valence-corrected chi connectivity index (χ1v) is 10.2. The van der Waals surface area contributed by atoms with Crippen molar-refractivity contribution in [1.82, 2.24) is 15.0 Å². The quantitative estimate of drug-likeness (QED) is 0.821. The van der Waals surface area contributed by atoms with Gasteiger partial charge in [-0.25, -0.2) is 0 Å². The lowest BCUT2D eigenvalue weighted by Crippen LogP contribution is -2.47. The number of likely N-dealkylation sites (tertiary alicyclic amines) is 1. The van der Waals surface area contributed by atoms with Crippen LogP contribution in [0.5, 0.6) is 0 Å². The molecule has 0 spiro atoms. The van der Waals surface area contributed by atoms with E-state index in [4.69, 9.17) is 14.2 Å². The van der Waals surface area contributed by atoms with Gasteiger partial charge in [0.2, 0.25) is 5.89 Å². The zero-order chi connectivity index (χ0) is 18.1. The van der Waals surface area contributed by atoms with Crippen LogP contribution in [-0.4, -0.2) is 47.3 Å². The number of hydrogen-bond acceptors (Lipinski definition) is 6. The SMILES string of the molecule is Cc1ccsc1C(=O)N1CCCC(C)(c2noc(C3CCOCC3)n2)C1. The smallest absolute Gasteiger partial charge is 0.264 e. The third-order valence-electron chi connectivity index (χ3n) is 5.59. The van der Waals surface area contributed by atoms with E-state index in [2.05, 4.69) is 12.1 Å². The normalized spacial score (nSPS) is 24.8. The van der Waals surface area contributed by atoms with Gasteiger partial charge in [0.15, 0.2) is 5.82 Å². The highest BCUT2D eigenvalue weighted by Crippen LogP contribution is 2.35. The van der Waals surface area contributed by atoms with E-state index in [9.17, 15) is 4.79 Å². The van der Waals surface area contributed by atoms with Crippen molar-refractivity contribution in [3.63, 3.8) is 0 Å². The summed E-state index contributed by atoms with van der Waals surface area (Å²) in [6.07, 6.45) is 3.78. The zero-order valence-electron chi connectivity index (χ0n) is 15.4. The van der Waals surface area contributed by atoms with Crippen molar-refractivity contribution in [1.29, 1.82) is 0 Å². The fourth-order valence-corrected chi connectivity index (χ4v) is 4.81. The van der Waals surface area contributed by atoms with Gasteiger partial charge in [0.25, 0.3) is 5.91 Å². The van der Waals surface area contributed by atoms with Crippen molar-refractivity contribution >= 4 is 17.2 Å². The number of carbonyl (C=O) groups excluding carboxylic acids is 1. The fraction of sp³-hybridized carbons (Fsp3) is 0.632. The summed E-state index contributed by atoms with van der Waals surface area (Å²) < 4.78 is 11.0. The molecule has 0 radical (unpaired) electrons. The molecule has 4 heterocycles. The Morgan fingerprint density at radius 3 is 2.92 bits per heavy atom. The van der Waals surface area contributed by atoms with Crippen molar-refractivity contribution in [2.75, 3.05) is 26.3 Å². The predicted octanol–water partition coefficient (Wildman–Crippen LogP) is 3.53. The third-order valence-corrected chi connectivity index (χ3v) is 6.60. The molecule has 0 bridgehead atoms. The number of carbonyl (C=O) groups is 1. The molecule has 140 valence electrons.